The van der Waals surface area contributed by atoms with Gasteiger partial charge in [0.2, 0.25) is 0 Å². The second-order valence-corrected chi connectivity index (χ2v) is 5.71. The van der Waals surface area contributed by atoms with E-state index in [0.717, 1.165) is 44.2 Å². The topological polar surface area (TPSA) is 66.2 Å². The van der Waals surface area contributed by atoms with Crippen molar-refractivity contribution in [1.29, 1.82) is 0 Å². The monoisotopic (exact) mass is 316 g/mol. The first kappa shape index (κ1) is 14.8. The van der Waals surface area contributed by atoms with Gasteiger partial charge in [0.05, 0.1) is 29.9 Å². The van der Waals surface area contributed by atoms with E-state index in [-0.39, 0.29) is 13.2 Å². The molecule has 2 N–H and O–H groups in total. The molecule has 0 saturated carbocycles. The summed E-state index contributed by atoms with van der Waals surface area (Å²) in [5.74, 6) is 0. The molecule has 0 bridgehead atoms. The lowest BCUT2D eigenvalue weighted by Gasteiger charge is -2.08. The third-order valence-electron chi connectivity index (χ3n) is 4.26. The average Bonchev–Trinajstić information content (AvgIpc) is 2.67. The van der Waals surface area contributed by atoms with Crippen LogP contribution in [-0.4, -0.2) is 20.2 Å². The van der Waals surface area contributed by atoms with Gasteiger partial charge < -0.3 is 10.2 Å². The molecule has 0 radical (unpaired) electrons. The summed E-state index contributed by atoms with van der Waals surface area (Å²) in [7, 11) is 0. The number of hydrogen-bond acceptors (Lipinski definition) is 4. The molecule has 4 heteroatoms. The van der Waals surface area contributed by atoms with Gasteiger partial charge in [0.1, 0.15) is 0 Å². The number of rotatable bonds is 3. The average molecular weight is 316 g/mol. The van der Waals surface area contributed by atoms with E-state index in [0.29, 0.717) is 0 Å². The third-order valence-corrected chi connectivity index (χ3v) is 4.26. The SMILES string of the molecule is OCc1ccc(-c2ccc3ccc4c(CO)ccnc4c3n2)cc1. The van der Waals surface area contributed by atoms with Crippen molar-refractivity contribution < 1.29 is 10.2 Å². The largest absolute Gasteiger partial charge is 0.392 e. The van der Waals surface area contributed by atoms with Gasteiger partial charge in [-0.25, -0.2) is 4.98 Å². The maximum Gasteiger partial charge on any atom is 0.0972 e. The number of fused-ring (bicyclic) bond motifs is 3. The Morgan fingerprint density at radius 3 is 2.29 bits per heavy atom. The number of nitrogens with zero attached hydrogens (tertiary/aromatic N) is 2. The number of pyridine rings is 2. The highest BCUT2D eigenvalue weighted by molar-refractivity contribution is 6.04. The van der Waals surface area contributed by atoms with E-state index in [1.165, 1.54) is 0 Å². The molecule has 118 valence electrons. The van der Waals surface area contributed by atoms with Crippen LogP contribution in [-0.2, 0) is 13.2 Å². The minimum atomic E-state index is -0.0210. The van der Waals surface area contributed by atoms with Gasteiger partial charge in [-0.15, -0.1) is 0 Å². The molecular weight excluding hydrogens is 300 g/mol. The highest BCUT2D eigenvalue weighted by atomic mass is 16.3. The van der Waals surface area contributed by atoms with Crippen molar-refractivity contribution in [3.8, 4) is 11.3 Å². The summed E-state index contributed by atoms with van der Waals surface area (Å²) in [6.07, 6.45) is 1.71. The van der Waals surface area contributed by atoms with Crippen LogP contribution in [0.15, 0.2) is 60.8 Å². The van der Waals surface area contributed by atoms with Crippen LogP contribution < -0.4 is 0 Å². The van der Waals surface area contributed by atoms with Gasteiger partial charge in [-0.3, -0.25) is 4.98 Å². The zero-order chi connectivity index (χ0) is 16.5. The Morgan fingerprint density at radius 2 is 1.54 bits per heavy atom. The summed E-state index contributed by atoms with van der Waals surface area (Å²) < 4.78 is 0. The summed E-state index contributed by atoms with van der Waals surface area (Å²) in [5, 5.41) is 20.6. The van der Waals surface area contributed by atoms with Crippen molar-refractivity contribution in [2.45, 2.75) is 13.2 Å². The number of aromatic nitrogens is 2. The number of benzene rings is 2. The van der Waals surface area contributed by atoms with Crippen molar-refractivity contribution in [3.05, 3.63) is 71.9 Å². The molecule has 0 aliphatic carbocycles. The van der Waals surface area contributed by atoms with Crippen LogP contribution >= 0.6 is 0 Å². The summed E-state index contributed by atoms with van der Waals surface area (Å²) in [6, 6.07) is 17.5. The van der Waals surface area contributed by atoms with E-state index < -0.39 is 0 Å². The van der Waals surface area contributed by atoms with Gasteiger partial charge >= 0.3 is 0 Å². The lowest BCUT2D eigenvalue weighted by Crippen LogP contribution is -1.92. The van der Waals surface area contributed by atoms with Crippen LogP contribution in [0.1, 0.15) is 11.1 Å². The second-order valence-electron chi connectivity index (χ2n) is 5.71. The van der Waals surface area contributed by atoms with Crippen LogP contribution in [0, 0.1) is 0 Å². The zero-order valence-electron chi connectivity index (χ0n) is 13.0. The van der Waals surface area contributed by atoms with E-state index in [1.54, 1.807) is 6.20 Å². The molecule has 0 amide bonds. The molecule has 0 unspecified atom stereocenters. The predicted octanol–water partition coefficient (Wildman–Crippen LogP) is 3.43. The summed E-state index contributed by atoms with van der Waals surface area (Å²) in [4.78, 5) is 9.27. The van der Waals surface area contributed by atoms with Gasteiger partial charge in [-0.05, 0) is 23.3 Å². The lowest BCUT2D eigenvalue weighted by molar-refractivity contribution is 0.282. The van der Waals surface area contributed by atoms with Gasteiger partial charge in [0, 0.05) is 22.5 Å². The van der Waals surface area contributed by atoms with Crippen LogP contribution in [0.25, 0.3) is 33.1 Å². The van der Waals surface area contributed by atoms with E-state index in [4.69, 9.17) is 10.1 Å². The smallest absolute Gasteiger partial charge is 0.0972 e. The Bertz CT molecular complexity index is 1030. The fraction of sp³-hybridized carbons (Fsp3) is 0.100. The van der Waals surface area contributed by atoms with Crippen molar-refractivity contribution in [3.63, 3.8) is 0 Å². The number of aliphatic hydroxyl groups excluding tert-OH is 2. The van der Waals surface area contributed by atoms with E-state index in [9.17, 15) is 5.11 Å². The molecule has 0 atom stereocenters. The Kier molecular flexibility index (Phi) is 3.69. The first-order chi connectivity index (χ1) is 11.8. The molecular formula is C20H16N2O2. The molecule has 0 fully saturated rings. The van der Waals surface area contributed by atoms with Crippen LogP contribution in [0.4, 0.5) is 0 Å². The maximum atomic E-state index is 9.52. The molecule has 24 heavy (non-hydrogen) atoms. The second kappa shape index (κ2) is 6.00. The third kappa shape index (κ3) is 2.42. The Hall–Kier alpha value is -2.82. The van der Waals surface area contributed by atoms with Crippen molar-refractivity contribution >= 4 is 21.8 Å². The fourth-order valence-corrected chi connectivity index (χ4v) is 2.93. The summed E-state index contributed by atoms with van der Waals surface area (Å²) in [5.41, 5.74) is 5.19. The number of aliphatic hydroxyl groups is 2. The van der Waals surface area contributed by atoms with Crippen molar-refractivity contribution in [2.24, 2.45) is 0 Å². The Labute approximate surface area is 139 Å². The van der Waals surface area contributed by atoms with E-state index >= 15 is 0 Å². The minimum Gasteiger partial charge on any atom is -0.392 e. The summed E-state index contributed by atoms with van der Waals surface area (Å²) in [6.45, 7) is 0.0107. The Balaban J connectivity index is 1.94. The number of hydrogen-bond donors (Lipinski definition) is 2. The summed E-state index contributed by atoms with van der Waals surface area (Å²) >= 11 is 0. The molecule has 2 aromatic carbocycles. The van der Waals surface area contributed by atoms with Gasteiger partial charge in [0.25, 0.3) is 0 Å². The van der Waals surface area contributed by atoms with Crippen molar-refractivity contribution in [2.75, 3.05) is 0 Å². The highest BCUT2D eigenvalue weighted by Crippen LogP contribution is 2.27. The molecule has 4 aromatic rings. The van der Waals surface area contributed by atoms with Gasteiger partial charge in [-0.1, -0.05) is 42.5 Å². The van der Waals surface area contributed by atoms with Crippen LogP contribution in [0.2, 0.25) is 0 Å². The van der Waals surface area contributed by atoms with Gasteiger partial charge in [0.15, 0.2) is 0 Å². The van der Waals surface area contributed by atoms with Crippen LogP contribution in [0.3, 0.4) is 0 Å². The molecule has 0 aliphatic heterocycles. The molecule has 2 aromatic heterocycles. The molecule has 4 rings (SSSR count). The first-order valence-electron chi connectivity index (χ1n) is 7.78. The fourth-order valence-electron chi connectivity index (χ4n) is 2.93. The molecule has 0 aliphatic rings. The normalized spacial score (nSPS) is 11.2. The standard InChI is InChI=1S/C20H16N2O2/c23-11-13-1-3-14(4-2-13)18-8-6-15-5-7-17-16(12-24)9-10-21-20(17)19(15)22-18/h1-10,23-24H,11-12H2. The van der Waals surface area contributed by atoms with Gasteiger partial charge in [-0.2, -0.15) is 0 Å². The van der Waals surface area contributed by atoms with E-state index in [2.05, 4.69) is 4.98 Å². The quantitative estimate of drug-likeness (QED) is 0.568. The zero-order valence-corrected chi connectivity index (χ0v) is 13.0. The predicted molar refractivity (Wildman–Crippen MR) is 94.3 cm³/mol. The Morgan fingerprint density at radius 1 is 0.750 bits per heavy atom. The molecule has 4 nitrogen and oxygen atoms in total. The lowest BCUT2D eigenvalue weighted by atomic mass is 10.0. The molecule has 0 spiro atoms. The molecule has 0 saturated heterocycles. The first-order valence-corrected chi connectivity index (χ1v) is 7.78. The van der Waals surface area contributed by atoms with E-state index in [1.807, 2.05) is 54.6 Å². The minimum absolute atomic E-state index is 0.0210. The highest BCUT2D eigenvalue weighted by Gasteiger charge is 2.08. The van der Waals surface area contributed by atoms with Crippen molar-refractivity contribution in [1.82, 2.24) is 9.97 Å². The maximum absolute atomic E-state index is 9.52. The van der Waals surface area contributed by atoms with Crippen LogP contribution in [0.5, 0.6) is 0 Å². The molecule has 2 heterocycles.